The van der Waals surface area contributed by atoms with Gasteiger partial charge < -0.3 is 23.5 Å². The van der Waals surface area contributed by atoms with E-state index in [-0.39, 0.29) is 38.9 Å². The molecule has 0 radical (unpaired) electrons. The van der Waals surface area contributed by atoms with E-state index >= 15 is 0 Å². The van der Waals surface area contributed by atoms with Crippen LogP contribution in [0.15, 0.2) is 41.4 Å². The maximum Gasteiger partial charge on any atom is 0.338 e. The van der Waals surface area contributed by atoms with Crippen LogP contribution >= 0.6 is 11.3 Å². The van der Waals surface area contributed by atoms with Gasteiger partial charge in [-0.05, 0) is 49.7 Å². The number of amides is 1. The lowest BCUT2D eigenvalue weighted by Crippen LogP contribution is -2.23. The first-order chi connectivity index (χ1) is 16.0. The van der Waals surface area contributed by atoms with Crippen molar-refractivity contribution in [3.63, 3.8) is 0 Å². The van der Waals surface area contributed by atoms with E-state index in [1.165, 1.54) is 11.3 Å². The third-order valence-electron chi connectivity index (χ3n) is 4.80. The smallest absolute Gasteiger partial charge is 0.338 e. The molecule has 9 nitrogen and oxygen atoms in total. The van der Waals surface area contributed by atoms with Gasteiger partial charge in [-0.3, -0.25) is 9.59 Å². The number of esters is 2. The van der Waals surface area contributed by atoms with Crippen LogP contribution < -0.4 is 14.3 Å². The number of carbonyl (C=O) groups excluding carboxylic acids is 3. The van der Waals surface area contributed by atoms with E-state index in [1.807, 2.05) is 0 Å². The molecule has 3 aromatic rings. The van der Waals surface area contributed by atoms with E-state index in [0.717, 1.165) is 5.56 Å². The highest BCUT2D eigenvalue weighted by Crippen LogP contribution is 2.32. The molecule has 0 aliphatic carbocycles. The van der Waals surface area contributed by atoms with E-state index in [2.05, 4.69) is 4.99 Å². The third kappa shape index (κ3) is 5.06. The number of hydrogen-bond acceptors (Lipinski definition) is 8. The molecular weight excluding hydrogens is 448 g/mol. The molecule has 172 valence electrons. The monoisotopic (exact) mass is 470 g/mol. The summed E-state index contributed by atoms with van der Waals surface area (Å²) in [5.41, 5.74) is 1.78. The van der Waals surface area contributed by atoms with Gasteiger partial charge in [-0.1, -0.05) is 17.4 Å². The van der Waals surface area contributed by atoms with Gasteiger partial charge in [0.1, 0.15) is 6.54 Å². The zero-order valence-corrected chi connectivity index (χ0v) is 19.0. The van der Waals surface area contributed by atoms with Gasteiger partial charge in [-0.25, -0.2) is 4.79 Å². The van der Waals surface area contributed by atoms with Gasteiger partial charge in [0.2, 0.25) is 6.79 Å². The largest absolute Gasteiger partial charge is 0.465 e. The van der Waals surface area contributed by atoms with Crippen LogP contribution in [0.25, 0.3) is 10.2 Å². The highest BCUT2D eigenvalue weighted by atomic mass is 32.1. The van der Waals surface area contributed by atoms with Gasteiger partial charge in [-0.15, -0.1) is 0 Å². The summed E-state index contributed by atoms with van der Waals surface area (Å²) in [6.07, 6.45) is 0.0539. The van der Waals surface area contributed by atoms with Crippen LogP contribution in [0.4, 0.5) is 0 Å². The minimum absolute atomic E-state index is 0.0539. The summed E-state index contributed by atoms with van der Waals surface area (Å²) in [6, 6.07) is 10.3. The minimum atomic E-state index is -0.448. The van der Waals surface area contributed by atoms with Crippen LogP contribution in [-0.2, 0) is 32.0 Å². The summed E-state index contributed by atoms with van der Waals surface area (Å²) in [5.74, 6) is -0.0505. The minimum Gasteiger partial charge on any atom is -0.465 e. The summed E-state index contributed by atoms with van der Waals surface area (Å²) in [4.78, 5) is 41.6. The van der Waals surface area contributed by atoms with Crippen molar-refractivity contribution >= 4 is 39.4 Å². The number of thiazole rings is 1. The van der Waals surface area contributed by atoms with Crippen LogP contribution in [0.2, 0.25) is 0 Å². The Morgan fingerprint density at radius 3 is 2.61 bits per heavy atom. The van der Waals surface area contributed by atoms with Gasteiger partial charge in [0.05, 0.1) is 35.4 Å². The van der Waals surface area contributed by atoms with Crippen molar-refractivity contribution in [1.82, 2.24) is 4.57 Å². The van der Waals surface area contributed by atoms with Crippen LogP contribution in [0, 0.1) is 0 Å². The fourth-order valence-electron chi connectivity index (χ4n) is 3.36. The summed E-state index contributed by atoms with van der Waals surface area (Å²) < 4.78 is 23.1. The molecule has 1 amide bonds. The van der Waals surface area contributed by atoms with E-state index in [0.29, 0.717) is 32.1 Å². The Bertz CT molecular complexity index is 1290. The lowest BCUT2D eigenvalue weighted by atomic mass is 10.1. The number of nitrogens with zero attached hydrogens (tertiary/aromatic N) is 2. The van der Waals surface area contributed by atoms with Gasteiger partial charge >= 0.3 is 11.9 Å². The first-order valence-corrected chi connectivity index (χ1v) is 11.2. The Kier molecular flexibility index (Phi) is 6.74. The number of rotatable bonds is 7. The second-order valence-corrected chi connectivity index (χ2v) is 8.06. The Morgan fingerprint density at radius 1 is 1.03 bits per heavy atom. The molecule has 10 heteroatoms. The van der Waals surface area contributed by atoms with E-state index in [9.17, 15) is 14.4 Å². The molecule has 0 spiro atoms. The molecular formula is C23H22N2O7S. The number of fused-ring (bicyclic) bond motifs is 2. The number of ether oxygens (including phenoxy) is 4. The number of aromatic nitrogens is 1. The molecule has 4 rings (SSSR count). The lowest BCUT2D eigenvalue weighted by Gasteiger charge is -2.06. The molecule has 33 heavy (non-hydrogen) atoms. The second kappa shape index (κ2) is 9.86. The SMILES string of the molecule is CCOC(=O)Cn1c(=NC(=O)Cc2ccc3c(c2)OCO3)sc2cc(C(=O)OCC)ccc21. The second-order valence-electron chi connectivity index (χ2n) is 7.05. The molecule has 1 aromatic heterocycles. The van der Waals surface area contributed by atoms with Crippen molar-refractivity contribution in [1.29, 1.82) is 0 Å². The van der Waals surface area contributed by atoms with Crippen molar-refractivity contribution < 1.29 is 33.3 Å². The quantitative estimate of drug-likeness (QED) is 0.489. The molecule has 1 aliphatic rings. The summed E-state index contributed by atoms with van der Waals surface area (Å²) in [7, 11) is 0. The Balaban J connectivity index is 1.68. The Labute approximate surface area is 193 Å². The summed E-state index contributed by atoms with van der Waals surface area (Å²) in [5, 5.41) is 0. The fraction of sp³-hybridized carbons (Fsp3) is 0.304. The molecule has 2 aromatic carbocycles. The topological polar surface area (TPSA) is 105 Å². The summed E-state index contributed by atoms with van der Waals surface area (Å²) in [6.45, 7) is 4.00. The zero-order valence-electron chi connectivity index (χ0n) is 18.2. The fourth-order valence-corrected chi connectivity index (χ4v) is 4.45. The van der Waals surface area contributed by atoms with Crippen molar-refractivity contribution in [2.75, 3.05) is 20.0 Å². The number of benzene rings is 2. The maximum absolute atomic E-state index is 12.7. The number of hydrogen-bond donors (Lipinski definition) is 0. The molecule has 0 atom stereocenters. The van der Waals surface area contributed by atoms with Crippen molar-refractivity contribution in [2.45, 2.75) is 26.8 Å². The maximum atomic E-state index is 12.7. The molecule has 0 saturated heterocycles. The van der Waals surface area contributed by atoms with Gasteiger partial charge in [0.25, 0.3) is 5.91 Å². The Morgan fingerprint density at radius 2 is 1.82 bits per heavy atom. The van der Waals surface area contributed by atoms with Crippen LogP contribution in [0.3, 0.4) is 0 Å². The van der Waals surface area contributed by atoms with Crippen LogP contribution in [-0.4, -0.2) is 42.4 Å². The van der Waals surface area contributed by atoms with Crippen LogP contribution in [0.1, 0.15) is 29.8 Å². The van der Waals surface area contributed by atoms with E-state index < -0.39 is 11.9 Å². The van der Waals surface area contributed by atoms with Crippen molar-refractivity contribution in [3.8, 4) is 11.5 Å². The molecule has 0 unspecified atom stereocenters. The highest BCUT2D eigenvalue weighted by molar-refractivity contribution is 7.16. The first-order valence-electron chi connectivity index (χ1n) is 10.4. The number of carbonyl (C=O) groups is 3. The van der Waals surface area contributed by atoms with Crippen LogP contribution in [0.5, 0.6) is 11.5 Å². The van der Waals surface area contributed by atoms with E-state index in [4.69, 9.17) is 18.9 Å². The predicted molar refractivity (Wildman–Crippen MR) is 119 cm³/mol. The Hall–Kier alpha value is -3.66. The molecule has 2 heterocycles. The molecule has 0 N–H and O–H groups in total. The first kappa shape index (κ1) is 22.5. The third-order valence-corrected chi connectivity index (χ3v) is 5.84. The zero-order chi connectivity index (χ0) is 23.4. The van der Waals surface area contributed by atoms with Gasteiger partial charge in [0, 0.05) is 0 Å². The molecule has 1 aliphatic heterocycles. The standard InChI is InChI=1S/C23H22N2O7S/c1-3-29-21(27)12-25-16-7-6-15(22(28)30-4-2)11-19(16)33-23(25)24-20(26)10-14-5-8-17-18(9-14)32-13-31-17/h5-9,11H,3-4,10,12-13H2,1-2H3. The average Bonchev–Trinajstić information content (AvgIpc) is 3.38. The average molecular weight is 471 g/mol. The highest BCUT2D eigenvalue weighted by Gasteiger charge is 2.17. The van der Waals surface area contributed by atoms with Crippen molar-refractivity contribution in [3.05, 3.63) is 52.3 Å². The summed E-state index contributed by atoms with van der Waals surface area (Å²) >= 11 is 1.21. The molecule has 0 bridgehead atoms. The lowest BCUT2D eigenvalue weighted by molar-refractivity contribution is -0.143. The molecule has 0 saturated carbocycles. The van der Waals surface area contributed by atoms with Gasteiger partial charge in [0.15, 0.2) is 16.3 Å². The van der Waals surface area contributed by atoms with Crippen molar-refractivity contribution in [2.24, 2.45) is 4.99 Å². The normalized spacial score (nSPS) is 12.7. The van der Waals surface area contributed by atoms with Gasteiger partial charge in [-0.2, -0.15) is 4.99 Å². The predicted octanol–water partition coefficient (Wildman–Crippen LogP) is 2.84. The van der Waals surface area contributed by atoms with E-state index in [1.54, 1.807) is 54.8 Å². The molecule has 0 fully saturated rings.